The monoisotopic (exact) mass is 213 g/mol. The zero-order chi connectivity index (χ0) is 10.7. The molecule has 0 heterocycles. The maximum Gasteiger partial charge on any atom is 0.311 e. The zero-order valence-corrected chi connectivity index (χ0v) is 8.58. The van der Waals surface area contributed by atoms with Gasteiger partial charge in [-0.05, 0) is 24.1 Å². The molecule has 0 aromatic heterocycles. The van der Waals surface area contributed by atoms with Gasteiger partial charge in [0.15, 0.2) is 0 Å². The fourth-order valence-electron chi connectivity index (χ4n) is 1.39. The number of nitrogen functional groups attached to an aromatic ring is 1. The van der Waals surface area contributed by atoms with Gasteiger partial charge in [-0.2, -0.15) is 0 Å². The molecule has 0 saturated heterocycles. The first kappa shape index (κ1) is 10.9. The number of aliphatic carboxylic acids is 1. The minimum absolute atomic E-state index is 0.437. The Labute approximate surface area is 87.5 Å². The van der Waals surface area contributed by atoms with Gasteiger partial charge in [0.2, 0.25) is 0 Å². The summed E-state index contributed by atoms with van der Waals surface area (Å²) in [6.07, 6.45) is 0.515. The quantitative estimate of drug-likeness (QED) is 0.759. The van der Waals surface area contributed by atoms with Gasteiger partial charge < -0.3 is 10.8 Å². The molecule has 3 nitrogen and oxygen atoms in total. The second-order valence-electron chi connectivity index (χ2n) is 3.07. The van der Waals surface area contributed by atoms with Crippen molar-refractivity contribution in [2.75, 3.05) is 5.73 Å². The molecule has 4 heteroatoms. The molecule has 0 fully saturated rings. The van der Waals surface area contributed by atoms with E-state index >= 15 is 0 Å². The Morgan fingerprint density at radius 1 is 1.64 bits per heavy atom. The summed E-state index contributed by atoms with van der Waals surface area (Å²) in [5.74, 6) is -1.41. The highest BCUT2D eigenvalue weighted by Gasteiger charge is 2.19. The highest BCUT2D eigenvalue weighted by atomic mass is 35.5. The molecule has 0 radical (unpaired) electrons. The summed E-state index contributed by atoms with van der Waals surface area (Å²) in [4.78, 5) is 10.9. The molecule has 1 unspecified atom stereocenters. The molecule has 1 aromatic carbocycles. The summed E-state index contributed by atoms with van der Waals surface area (Å²) in [5, 5.41) is 9.45. The van der Waals surface area contributed by atoms with Gasteiger partial charge in [-0.25, -0.2) is 0 Å². The number of anilines is 1. The SMILES string of the molecule is CCC(C(=O)O)c1ccc(Cl)cc1N. The van der Waals surface area contributed by atoms with E-state index in [9.17, 15) is 4.79 Å². The maximum atomic E-state index is 10.9. The third-order valence-electron chi connectivity index (χ3n) is 2.13. The van der Waals surface area contributed by atoms with E-state index in [1.54, 1.807) is 18.2 Å². The summed E-state index contributed by atoms with van der Waals surface area (Å²) >= 11 is 5.72. The molecule has 0 spiro atoms. The van der Waals surface area contributed by atoms with Crippen molar-refractivity contribution in [2.24, 2.45) is 0 Å². The normalized spacial score (nSPS) is 12.4. The molecular weight excluding hydrogens is 202 g/mol. The van der Waals surface area contributed by atoms with E-state index < -0.39 is 11.9 Å². The van der Waals surface area contributed by atoms with Crippen LogP contribution >= 0.6 is 11.6 Å². The Morgan fingerprint density at radius 2 is 2.29 bits per heavy atom. The van der Waals surface area contributed by atoms with Crippen molar-refractivity contribution >= 4 is 23.3 Å². The lowest BCUT2D eigenvalue weighted by Crippen LogP contribution is -2.12. The van der Waals surface area contributed by atoms with Crippen LogP contribution in [0, 0.1) is 0 Å². The lowest BCUT2D eigenvalue weighted by atomic mass is 9.95. The van der Waals surface area contributed by atoms with E-state index in [2.05, 4.69) is 0 Å². The maximum absolute atomic E-state index is 10.9. The third kappa shape index (κ3) is 2.17. The molecule has 14 heavy (non-hydrogen) atoms. The summed E-state index contributed by atoms with van der Waals surface area (Å²) in [6, 6.07) is 4.89. The molecule has 1 atom stereocenters. The van der Waals surface area contributed by atoms with Crippen molar-refractivity contribution in [1.29, 1.82) is 0 Å². The number of carbonyl (C=O) groups is 1. The summed E-state index contributed by atoms with van der Waals surface area (Å²) in [5.41, 5.74) is 6.75. The van der Waals surface area contributed by atoms with Crippen molar-refractivity contribution < 1.29 is 9.90 Å². The van der Waals surface area contributed by atoms with Crippen molar-refractivity contribution in [1.82, 2.24) is 0 Å². The number of nitrogens with two attached hydrogens (primary N) is 1. The van der Waals surface area contributed by atoms with Gasteiger partial charge in [0.1, 0.15) is 0 Å². The minimum atomic E-state index is -0.860. The smallest absolute Gasteiger partial charge is 0.311 e. The van der Waals surface area contributed by atoms with Crippen LogP contribution in [0.1, 0.15) is 24.8 Å². The van der Waals surface area contributed by atoms with E-state index in [0.29, 0.717) is 22.7 Å². The van der Waals surface area contributed by atoms with Crippen molar-refractivity contribution in [3.63, 3.8) is 0 Å². The molecule has 1 rings (SSSR count). The first-order valence-electron chi connectivity index (χ1n) is 4.34. The van der Waals surface area contributed by atoms with Crippen LogP contribution in [0.4, 0.5) is 5.69 Å². The molecule has 76 valence electrons. The minimum Gasteiger partial charge on any atom is -0.481 e. The standard InChI is InChI=1S/C10H12ClNO2/c1-2-7(10(13)14)8-4-3-6(11)5-9(8)12/h3-5,7H,2,12H2,1H3,(H,13,14). The Kier molecular flexibility index (Phi) is 3.36. The lowest BCUT2D eigenvalue weighted by Gasteiger charge is -2.12. The summed E-state index contributed by atoms with van der Waals surface area (Å²) < 4.78 is 0. The Balaban J connectivity index is 3.10. The highest BCUT2D eigenvalue weighted by molar-refractivity contribution is 6.30. The van der Waals surface area contributed by atoms with Gasteiger partial charge in [0.25, 0.3) is 0 Å². The largest absolute Gasteiger partial charge is 0.481 e. The highest BCUT2D eigenvalue weighted by Crippen LogP contribution is 2.27. The Bertz CT molecular complexity index is 352. The molecule has 3 N–H and O–H groups in total. The third-order valence-corrected chi connectivity index (χ3v) is 2.37. The van der Waals surface area contributed by atoms with Crippen molar-refractivity contribution in [3.8, 4) is 0 Å². The van der Waals surface area contributed by atoms with Gasteiger partial charge in [-0.3, -0.25) is 4.79 Å². The number of carboxylic acid groups (broad SMARTS) is 1. The van der Waals surface area contributed by atoms with Crippen LogP contribution in [0.3, 0.4) is 0 Å². The van der Waals surface area contributed by atoms with E-state index in [1.807, 2.05) is 6.92 Å². The predicted octanol–water partition coefficient (Wildman–Crippen LogP) is 2.50. The van der Waals surface area contributed by atoms with Gasteiger partial charge in [0.05, 0.1) is 5.92 Å². The molecular formula is C10H12ClNO2. The molecule has 0 aliphatic carbocycles. The van der Waals surface area contributed by atoms with Crippen LogP contribution in [-0.4, -0.2) is 11.1 Å². The second-order valence-corrected chi connectivity index (χ2v) is 3.51. The average molecular weight is 214 g/mol. The summed E-state index contributed by atoms with van der Waals surface area (Å²) in [6.45, 7) is 1.81. The van der Waals surface area contributed by atoms with Gasteiger partial charge in [0, 0.05) is 10.7 Å². The number of hydrogen-bond acceptors (Lipinski definition) is 2. The van der Waals surface area contributed by atoms with Crippen molar-refractivity contribution in [3.05, 3.63) is 28.8 Å². The van der Waals surface area contributed by atoms with E-state index in [1.165, 1.54) is 0 Å². The first-order chi connectivity index (χ1) is 6.56. The average Bonchev–Trinajstić information content (AvgIpc) is 2.09. The fraction of sp³-hybridized carbons (Fsp3) is 0.300. The van der Waals surface area contributed by atoms with Crippen LogP contribution in [0.25, 0.3) is 0 Å². The summed E-state index contributed by atoms with van der Waals surface area (Å²) in [7, 11) is 0. The lowest BCUT2D eigenvalue weighted by molar-refractivity contribution is -0.138. The van der Waals surface area contributed by atoms with Gasteiger partial charge in [-0.15, -0.1) is 0 Å². The molecule has 0 bridgehead atoms. The number of halogens is 1. The second kappa shape index (κ2) is 4.33. The topological polar surface area (TPSA) is 63.3 Å². The number of benzene rings is 1. The Hall–Kier alpha value is -1.22. The molecule has 0 saturated carbocycles. The molecule has 0 aliphatic rings. The van der Waals surface area contributed by atoms with Crippen LogP contribution in [0.15, 0.2) is 18.2 Å². The van der Waals surface area contributed by atoms with Crippen LogP contribution in [0.2, 0.25) is 5.02 Å². The van der Waals surface area contributed by atoms with Crippen LogP contribution in [0.5, 0.6) is 0 Å². The van der Waals surface area contributed by atoms with Crippen molar-refractivity contribution in [2.45, 2.75) is 19.3 Å². The van der Waals surface area contributed by atoms with E-state index in [4.69, 9.17) is 22.4 Å². The number of carboxylic acids is 1. The van der Waals surface area contributed by atoms with Gasteiger partial charge >= 0.3 is 5.97 Å². The Morgan fingerprint density at radius 3 is 2.71 bits per heavy atom. The first-order valence-corrected chi connectivity index (χ1v) is 4.71. The van der Waals surface area contributed by atoms with E-state index in [-0.39, 0.29) is 0 Å². The van der Waals surface area contributed by atoms with Gasteiger partial charge in [-0.1, -0.05) is 24.6 Å². The van der Waals surface area contributed by atoms with Crippen LogP contribution in [-0.2, 0) is 4.79 Å². The molecule has 1 aromatic rings. The predicted molar refractivity (Wildman–Crippen MR) is 56.5 cm³/mol. The number of hydrogen-bond donors (Lipinski definition) is 2. The number of rotatable bonds is 3. The zero-order valence-electron chi connectivity index (χ0n) is 7.83. The van der Waals surface area contributed by atoms with Crippen LogP contribution < -0.4 is 5.73 Å². The molecule has 0 amide bonds. The molecule has 0 aliphatic heterocycles. The van der Waals surface area contributed by atoms with E-state index in [0.717, 1.165) is 0 Å². The fourth-order valence-corrected chi connectivity index (χ4v) is 1.57.